The zero-order valence-electron chi connectivity index (χ0n) is 14.7. The Balaban J connectivity index is 2.21. The SMILES string of the molecule is CNCCOC1(OCCNC(=O)CC(C)C(C)C)CCCC1. The van der Waals surface area contributed by atoms with E-state index in [4.69, 9.17) is 9.47 Å². The van der Waals surface area contributed by atoms with E-state index >= 15 is 0 Å². The Bertz CT molecular complexity index is 315. The topological polar surface area (TPSA) is 59.6 Å². The van der Waals surface area contributed by atoms with Crippen LogP contribution in [0.5, 0.6) is 0 Å². The van der Waals surface area contributed by atoms with E-state index in [1.165, 1.54) is 0 Å². The lowest BCUT2D eigenvalue weighted by Gasteiger charge is -2.29. The van der Waals surface area contributed by atoms with Gasteiger partial charge in [-0.1, -0.05) is 20.8 Å². The van der Waals surface area contributed by atoms with Crippen molar-refractivity contribution >= 4 is 5.91 Å². The van der Waals surface area contributed by atoms with Crippen LogP contribution in [0.1, 0.15) is 52.9 Å². The van der Waals surface area contributed by atoms with Gasteiger partial charge < -0.3 is 20.1 Å². The summed E-state index contributed by atoms with van der Waals surface area (Å²) in [7, 11) is 1.92. The minimum Gasteiger partial charge on any atom is -0.354 e. The van der Waals surface area contributed by atoms with Gasteiger partial charge in [0.15, 0.2) is 5.79 Å². The molecule has 1 unspecified atom stereocenters. The molecule has 1 aliphatic carbocycles. The molecule has 130 valence electrons. The first-order chi connectivity index (χ1) is 10.5. The molecule has 1 fully saturated rings. The zero-order valence-corrected chi connectivity index (χ0v) is 14.7. The first-order valence-electron chi connectivity index (χ1n) is 8.68. The molecule has 0 radical (unpaired) electrons. The van der Waals surface area contributed by atoms with Crippen LogP contribution in [0.4, 0.5) is 0 Å². The monoisotopic (exact) mass is 314 g/mol. The molecule has 1 saturated carbocycles. The van der Waals surface area contributed by atoms with Gasteiger partial charge >= 0.3 is 0 Å². The van der Waals surface area contributed by atoms with Gasteiger partial charge in [0.25, 0.3) is 0 Å². The van der Waals surface area contributed by atoms with Crippen LogP contribution in [-0.4, -0.2) is 45.0 Å². The van der Waals surface area contributed by atoms with Crippen LogP contribution in [0.3, 0.4) is 0 Å². The molecule has 1 atom stereocenters. The third-order valence-corrected chi connectivity index (χ3v) is 4.52. The van der Waals surface area contributed by atoms with E-state index in [1.807, 2.05) is 7.05 Å². The molecular weight excluding hydrogens is 280 g/mol. The molecule has 5 heteroatoms. The van der Waals surface area contributed by atoms with E-state index in [-0.39, 0.29) is 5.91 Å². The van der Waals surface area contributed by atoms with Crippen molar-refractivity contribution in [2.24, 2.45) is 11.8 Å². The van der Waals surface area contributed by atoms with Gasteiger partial charge in [0.1, 0.15) is 0 Å². The van der Waals surface area contributed by atoms with Crippen molar-refractivity contribution in [2.75, 3.05) is 33.4 Å². The molecule has 1 amide bonds. The summed E-state index contributed by atoms with van der Waals surface area (Å²) in [6.07, 6.45) is 4.79. The van der Waals surface area contributed by atoms with Crippen molar-refractivity contribution in [2.45, 2.75) is 58.7 Å². The summed E-state index contributed by atoms with van der Waals surface area (Å²) < 4.78 is 11.9. The summed E-state index contributed by atoms with van der Waals surface area (Å²) >= 11 is 0. The van der Waals surface area contributed by atoms with Crippen LogP contribution in [0.15, 0.2) is 0 Å². The molecule has 0 aromatic carbocycles. The fourth-order valence-electron chi connectivity index (χ4n) is 2.61. The van der Waals surface area contributed by atoms with E-state index in [1.54, 1.807) is 0 Å². The van der Waals surface area contributed by atoms with Crippen molar-refractivity contribution in [1.29, 1.82) is 0 Å². The van der Waals surface area contributed by atoms with E-state index in [0.29, 0.717) is 38.0 Å². The van der Waals surface area contributed by atoms with E-state index < -0.39 is 5.79 Å². The summed E-state index contributed by atoms with van der Waals surface area (Å²) in [5.74, 6) is 0.630. The average molecular weight is 314 g/mol. The standard InChI is InChI=1S/C17H34N2O3/c1-14(2)15(3)13-16(20)19-10-12-22-17(7-5-6-8-17)21-11-9-18-4/h14-15,18H,5-13H2,1-4H3,(H,19,20). The molecule has 1 aliphatic rings. The number of carbonyl (C=O) groups excluding carboxylic acids is 1. The molecule has 0 bridgehead atoms. The van der Waals surface area contributed by atoms with E-state index in [0.717, 1.165) is 32.2 Å². The summed E-state index contributed by atoms with van der Waals surface area (Å²) in [6, 6.07) is 0. The lowest BCUT2D eigenvalue weighted by Crippen LogP contribution is -2.38. The number of carbonyl (C=O) groups is 1. The summed E-state index contributed by atoms with van der Waals surface area (Å²) in [5, 5.41) is 6.03. The molecule has 1 rings (SSSR count). The van der Waals surface area contributed by atoms with Gasteiger partial charge in [0.05, 0.1) is 13.2 Å². The smallest absolute Gasteiger partial charge is 0.220 e. The van der Waals surface area contributed by atoms with Gasteiger partial charge in [0, 0.05) is 32.4 Å². The molecule has 0 spiro atoms. The molecule has 0 aliphatic heterocycles. The Morgan fingerprint density at radius 3 is 2.23 bits per heavy atom. The second-order valence-electron chi connectivity index (χ2n) is 6.69. The third kappa shape index (κ3) is 7.07. The predicted molar refractivity (Wildman–Crippen MR) is 88.7 cm³/mol. The summed E-state index contributed by atoms with van der Waals surface area (Å²) in [4.78, 5) is 11.8. The second kappa shape index (κ2) is 10.2. The van der Waals surface area contributed by atoms with Gasteiger partial charge in [-0.3, -0.25) is 4.79 Å². The maximum absolute atomic E-state index is 11.8. The van der Waals surface area contributed by atoms with Crippen LogP contribution in [0.2, 0.25) is 0 Å². The quantitative estimate of drug-likeness (QED) is 0.454. The summed E-state index contributed by atoms with van der Waals surface area (Å²) in [5.41, 5.74) is 0. The maximum atomic E-state index is 11.8. The van der Waals surface area contributed by atoms with Crippen LogP contribution >= 0.6 is 0 Å². The third-order valence-electron chi connectivity index (χ3n) is 4.52. The molecule has 2 N–H and O–H groups in total. The molecule has 0 saturated heterocycles. The van der Waals surface area contributed by atoms with Gasteiger partial charge in [-0.15, -0.1) is 0 Å². The van der Waals surface area contributed by atoms with Crippen molar-refractivity contribution in [3.05, 3.63) is 0 Å². The van der Waals surface area contributed by atoms with Crippen molar-refractivity contribution < 1.29 is 14.3 Å². The van der Waals surface area contributed by atoms with Gasteiger partial charge in [-0.25, -0.2) is 0 Å². The highest BCUT2D eigenvalue weighted by Crippen LogP contribution is 2.34. The van der Waals surface area contributed by atoms with Gasteiger partial charge in [-0.05, 0) is 31.7 Å². The second-order valence-corrected chi connectivity index (χ2v) is 6.69. The molecule has 0 aromatic heterocycles. The molecule has 22 heavy (non-hydrogen) atoms. The molecule has 0 aromatic rings. The van der Waals surface area contributed by atoms with Crippen LogP contribution in [-0.2, 0) is 14.3 Å². The number of ether oxygens (including phenoxy) is 2. The number of hydrogen-bond acceptors (Lipinski definition) is 4. The van der Waals surface area contributed by atoms with Gasteiger partial charge in [-0.2, -0.15) is 0 Å². The highest BCUT2D eigenvalue weighted by Gasteiger charge is 2.35. The number of hydrogen-bond donors (Lipinski definition) is 2. The Hall–Kier alpha value is -0.650. The van der Waals surface area contributed by atoms with Crippen molar-refractivity contribution in [3.8, 4) is 0 Å². The minimum absolute atomic E-state index is 0.112. The number of likely N-dealkylation sites (N-methyl/N-ethyl adjacent to an activating group) is 1. The Kier molecular flexibility index (Phi) is 8.98. The average Bonchev–Trinajstić information content (AvgIpc) is 2.93. The zero-order chi connectivity index (χ0) is 16.4. The number of amides is 1. The molecular formula is C17H34N2O3. The van der Waals surface area contributed by atoms with Crippen LogP contribution in [0, 0.1) is 11.8 Å². The van der Waals surface area contributed by atoms with E-state index in [2.05, 4.69) is 31.4 Å². The Morgan fingerprint density at radius 2 is 1.68 bits per heavy atom. The number of nitrogens with one attached hydrogen (secondary N) is 2. The Labute approximate surface area is 135 Å². The maximum Gasteiger partial charge on any atom is 0.220 e. The lowest BCUT2D eigenvalue weighted by molar-refractivity contribution is -0.230. The first-order valence-corrected chi connectivity index (χ1v) is 8.68. The normalized spacial score (nSPS) is 18.6. The fourth-order valence-corrected chi connectivity index (χ4v) is 2.61. The fraction of sp³-hybridized carbons (Fsp3) is 0.941. The largest absolute Gasteiger partial charge is 0.354 e. The number of rotatable bonds is 11. The lowest BCUT2D eigenvalue weighted by atomic mass is 9.94. The van der Waals surface area contributed by atoms with Crippen molar-refractivity contribution in [1.82, 2.24) is 10.6 Å². The first kappa shape index (κ1) is 19.4. The summed E-state index contributed by atoms with van der Waals surface area (Å²) in [6.45, 7) is 8.97. The minimum atomic E-state index is -0.424. The van der Waals surface area contributed by atoms with Crippen molar-refractivity contribution in [3.63, 3.8) is 0 Å². The van der Waals surface area contributed by atoms with Crippen LogP contribution in [0.25, 0.3) is 0 Å². The highest BCUT2D eigenvalue weighted by molar-refractivity contribution is 5.76. The molecule has 0 heterocycles. The van der Waals surface area contributed by atoms with Gasteiger partial charge in [0.2, 0.25) is 5.91 Å². The van der Waals surface area contributed by atoms with E-state index in [9.17, 15) is 4.79 Å². The Morgan fingerprint density at radius 1 is 1.09 bits per heavy atom. The molecule has 5 nitrogen and oxygen atoms in total. The van der Waals surface area contributed by atoms with Crippen LogP contribution < -0.4 is 10.6 Å². The predicted octanol–water partition coefficient (Wildman–Crippen LogP) is 2.31. The highest BCUT2D eigenvalue weighted by atomic mass is 16.7.